The molecule has 1 aliphatic rings. The molecule has 11 heteroatoms. The van der Waals surface area contributed by atoms with E-state index in [0.717, 1.165) is 12.1 Å². The summed E-state index contributed by atoms with van der Waals surface area (Å²) in [6.45, 7) is 3.59. The third kappa shape index (κ3) is 6.21. The Balaban J connectivity index is 1.70. The Morgan fingerprint density at radius 3 is 2.31 bits per heavy atom. The lowest BCUT2D eigenvalue weighted by atomic mass is 10.0. The van der Waals surface area contributed by atoms with Gasteiger partial charge >= 0.3 is 0 Å². The standard InChI is InChI=1S/C28H28F2N4O4S/c1-17(2)16-22(33-39(37,38)24-11-7-5-9-21(24)30)27(35)32-26-28(36)34(3)23-10-6-4-8-20(23)25(31-26)18-12-14-19(29)15-13-18/h4-15,17,22,26,33H,16H2,1-3H3,(H,32,35). The molecule has 4 rings (SSSR count). The van der Waals surface area contributed by atoms with E-state index in [9.17, 15) is 26.8 Å². The van der Waals surface area contributed by atoms with Crippen LogP contribution in [-0.2, 0) is 19.6 Å². The second kappa shape index (κ2) is 11.4. The summed E-state index contributed by atoms with van der Waals surface area (Å²) in [6.07, 6.45) is -1.34. The fourth-order valence-corrected chi connectivity index (χ4v) is 5.57. The summed E-state index contributed by atoms with van der Waals surface area (Å²) in [6, 6.07) is 16.1. The maximum absolute atomic E-state index is 14.3. The number of sulfonamides is 1. The maximum atomic E-state index is 14.3. The van der Waals surface area contributed by atoms with Gasteiger partial charge in [0.15, 0.2) is 0 Å². The van der Waals surface area contributed by atoms with Crippen molar-refractivity contribution < 1.29 is 26.8 Å². The van der Waals surface area contributed by atoms with Gasteiger partial charge in [-0.3, -0.25) is 9.59 Å². The number of halogens is 2. The summed E-state index contributed by atoms with van der Waals surface area (Å²) in [5, 5.41) is 2.57. The van der Waals surface area contributed by atoms with E-state index < -0.39 is 50.6 Å². The van der Waals surface area contributed by atoms with E-state index in [1.54, 1.807) is 38.1 Å². The Hall–Kier alpha value is -3.96. The molecule has 1 heterocycles. The van der Waals surface area contributed by atoms with Crippen molar-refractivity contribution in [1.29, 1.82) is 0 Å². The molecule has 0 bridgehead atoms. The number of nitrogens with zero attached hydrogens (tertiary/aromatic N) is 2. The van der Waals surface area contributed by atoms with Crippen LogP contribution in [0.25, 0.3) is 0 Å². The van der Waals surface area contributed by atoms with E-state index >= 15 is 0 Å². The first-order valence-corrected chi connectivity index (χ1v) is 13.7. The smallest absolute Gasteiger partial charge is 0.272 e. The van der Waals surface area contributed by atoms with Gasteiger partial charge in [0.25, 0.3) is 5.91 Å². The van der Waals surface area contributed by atoms with Crippen LogP contribution >= 0.6 is 0 Å². The van der Waals surface area contributed by atoms with Crippen molar-refractivity contribution in [2.75, 3.05) is 11.9 Å². The Bertz CT molecular complexity index is 1520. The van der Waals surface area contributed by atoms with Crippen molar-refractivity contribution in [1.82, 2.24) is 10.0 Å². The molecule has 3 aromatic carbocycles. The van der Waals surface area contributed by atoms with Crippen molar-refractivity contribution in [3.8, 4) is 0 Å². The molecular weight excluding hydrogens is 526 g/mol. The zero-order valence-corrected chi connectivity index (χ0v) is 22.4. The first-order valence-electron chi connectivity index (χ1n) is 12.3. The first kappa shape index (κ1) is 28.1. The highest BCUT2D eigenvalue weighted by atomic mass is 32.2. The maximum Gasteiger partial charge on any atom is 0.272 e. The topological polar surface area (TPSA) is 108 Å². The van der Waals surface area contributed by atoms with Crippen molar-refractivity contribution in [2.45, 2.75) is 37.4 Å². The Morgan fingerprint density at radius 2 is 1.64 bits per heavy atom. The number of aliphatic imine (C=N–C) groups is 1. The molecule has 0 saturated heterocycles. The average Bonchev–Trinajstić information content (AvgIpc) is 2.99. The third-order valence-corrected chi connectivity index (χ3v) is 7.69. The molecule has 204 valence electrons. The quantitative estimate of drug-likeness (QED) is 0.444. The number of anilines is 1. The van der Waals surface area contributed by atoms with Crippen LogP contribution in [0, 0.1) is 17.6 Å². The Kier molecular flexibility index (Phi) is 8.22. The van der Waals surface area contributed by atoms with Crippen LogP contribution in [-0.4, -0.2) is 45.2 Å². The number of likely N-dealkylation sites (N-methyl/N-ethyl adjacent to an activating group) is 1. The SMILES string of the molecule is CC(C)CC(NS(=O)(=O)c1ccccc1F)C(=O)NC1N=C(c2ccc(F)cc2)c2ccccc2N(C)C1=O. The summed E-state index contributed by atoms with van der Waals surface area (Å²) in [4.78, 5) is 32.2. The molecule has 1 aliphatic heterocycles. The summed E-state index contributed by atoms with van der Waals surface area (Å²) in [5.74, 6) is -2.89. The molecule has 2 unspecified atom stereocenters. The normalized spacial score (nSPS) is 16.4. The molecule has 0 radical (unpaired) electrons. The van der Waals surface area contributed by atoms with Gasteiger partial charge in [-0.15, -0.1) is 0 Å². The summed E-state index contributed by atoms with van der Waals surface area (Å²) in [5.41, 5.74) is 1.99. The number of amides is 2. The minimum absolute atomic E-state index is 0.0744. The zero-order chi connectivity index (χ0) is 28.3. The number of para-hydroxylation sites is 1. The van der Waals surface area contributed by atoms with Gasteiger partial charge in [0, 0.05) is 18.2 Å². The number of benzene rings is 3. The lowest BCUT2D eigenvalue weighted by Gasteiger charge is -2.24. The number of fused-ring (bicyclic) bond motifs is 1. The predicted octanol–water partition coefficient (Wildman–Crippen LogP) is 3.61. The van der Waals surface area contributed by atoms with Crippen LogP contribution in [0.15, 0.2) is 82.7 Å². The predicted molar refractivity (Wildman–Crippen MR) is 144 cm³/mol. The number of nitrogens with one attached hydrogen (secondary N) is 2. The van der Waals surface area contributed by atoms with Crippen LogP contribution in [0.4, 0.5) is 14.5 Å². The van der Waals surface area contributed by atoms with Gasteiger partial charge in [0.05, 0.1) is 11.4 Å². The van der Waals surface area contributed by atoms with E-state index in [0.29, 0.717) is 22.5 Å². The lowest BCUT2D eigenvalue weighted by Crippen LogP contribution is -2.53. The van der Waals surface area contributed by atoms with Gasteiger partial charge in [-0.25, -0.2) is 22.2 Å². The van der Waals surface area contributed by atoms with Gasteiger partial charge in [-0.2, -0.15) is 4.72 Å². The van der Waals surface area contributed by atoms with Gasteiger partial charge in [-0.05, 0) is 54.8 Å². The number of hydrogen-bond donors (Lipinski definition) is 2. The van der Waals surface area contributed by atoms with Crippen LogP contribution in [0.5, 0.6) is 0 Å². The number of carbonyl (C=O) groups is 2. The van der Waals surface area contributed by atoms with Gasteiger partial charge in [0.2, 0.25) is 22.1 Å². The van der Waals surface area contributed by atoms with Crippen molar-refractivity contribution >= 4 is 33.2 Å². The molecule has 0 aromatic heterocycles. The number of carbonyl (C=O) groups excluding carboxylic acids is 2. The van der Waals surface area contributed by atoms with Gasteiger partial charge in [-0.1, -0.05) is 44.2 Å². The molecule has 0 spiro atoms. The molecule has 8 nitrogen and oxygen atoms in total. The van der Waals surface area contributed by atoms with Crippen LogP contribution in [0.3, 0.4) is 0 Å². The molecule has 0 fully saturated rings. The molecule has 3 aromatic rings. The largest absolute Gasteiger partial charge is 0.325 e. The molecule has 0 aliphatic carbocycles. The third-order valence-electron chi connectivity index (χ3n) is 6.19. The molecule has 2 atom stereocenters. The van der Waals surface area contributed by atoms with Crippen molar-refractivity contribution in [3.63, 3.8) is 0 Å². The van der Waals surface area contributed by atoms with Crippen LogP contribution < -0.4 is 14.9 Å². The van der Waals surface area contributed by atoms with Gasteiger partial charge < -0.3 is 10.2 Å². The van der Waals surface area contributed by atoms with Crippen molar-refractivity contribution in [2.24, 2.45) is 10.9 Å². The van der Waals surface area contributed by atoms with E-state index in [-0.39, 0.29) is 12.3 Å². The lowest BCUT2D eigenvalue weighted by molar-refractivity contribution is -0.128. The summed E-state index contributed by atoms with van der Waals surface area (Å²) in [7, 11) is -2.87. The average molecular weight is 555 g/mol. The summed E-state index contributed by atoms with van der Waals surface area (Å²) >= 11 is 0. The number of rotatable bonds is 8. The minimum atomic E-state index is -4.41. The van der Waals surface area contributed by atoms with E-state index in [4.69, 9.17) is 0 Å². The van der Waals surface area contributed by atoms with Crippen LogP contribution in [0.1, 0.15) is 31.4 Å². The molecule has 0 saturated carbocycles. The minimum Gasteiger partial charge on any atom is -0.325 e. The molecule has 2 amide bonds. The van der Waals surface area contributed by atoms with Gasteiger partial charge in [0.1, 0.15) is 22.6 Å². The monoisotopic (exact) mass is 554 g/mol. The highest BCUT2D eigenvalue weighted by molar-refractivity contribution is 7.89. The van der Waals surface area contributed by atoms with Crippen molar-refractivity contribution in [3.05, 3.63) is 95.6 Å². The van der Waals surface area contributed by atoms with Crippen LogP contribution in [0.2, 0.25) is 0 Å². The Morgan fingerprint density at radius 1 is 1.00 bits per heavy atom. The van der Waals surface area contributed by atoms with E-state index in [1.165, 1.54) is 48.3 Å². The second-order valence-corrected chi connectivity index (χ2v) is 11.2. The fraction of sp³-hybridized carbons (Fsp3) is 0.250. The highest BCUT2D eigenvalue weighted by Gasteiger charge is 2.34. The number of hydrogen-bond acceptors (Lipinski definition) is 5. The second-order valence-electron chi connectivity index (χ2n) is 9.54. The summed E-state index contributed by atoms with van der Waals surface area (Å²) < 4.78 is 56.1. The van der Waals surface area contributed by atoms with E-state index in [1.807, 2.05) is 0 Å². The molecule has 39 heavy (non-hydrogen) atoms. The fourth-order valence-electron chi connectivity index (χ4n) is 4.28. The first-order chi connectivity index (χ1) is 18.5. The molecular formula is C28H28F2N4O4S. The molecule has 2 N–H and O–H groups in total. The highest BCUT2D eigenvalue weighted by Crippen LogP contribution is 2.27. The van der Waals surface area contributed by atoms with E-state index in [2.05, 4.69) is 15.0 Å². The Labute approximate surface area is 225 Å². The number of benzodiazepines with no additional fused rings is 1. The zero-order valence-electron chi connectivity index (χ0n) is 21.6.